The first-order valence-corrected chi connectivity index (χ1v) is 12.0. The SMILES string of the molecule is O=C(NC[C@H](c1cccs1)c1c[nH]c2ccccc12)c1cccc(NC(=O)[C@H]2CCCO2)c1. The van der Waals surface area contributed by atoms with Crippen molar-refractivity contribution >= 4 is 39.7 Å². The average Bonchev–Trinajstić information content (AvgIpc) is 3.62. The summed E-state index contributed by atoms with van der Waals surface area (Å²) in [6.45, 7) is 1.08. The van der Waals surface area contributed by atoms with E-state index in [1.807, 2.05) is 24.4 Å². The van der Waals surface area contributed by atoms with E-state index in [1.54, 1.807) is 35.6 Å². The molecule has 0 saturated carbocycles. The van der Waals surface area contributed by atoms with Crippen LogP contribution in [-0.4, -0.2) is 36.1 Å². The number of hydrogen-bond donors (Lipinski definition) is 3. The van der Waals surface area contributed by atoms with Gasteiger partial charge in [-0.3, -0.25) is 9.59 Å². The van der Waals surface area contributed by atoms with Crippen molar-refractivity contribution in [3.63, 3.8) is 0 Å². The van der Waals surface area contributed by atoms with Gasteiger partial charge >= 0.3 is 0 Å². The Hall–Kier alpha value is -3.42. The lowest BCUT2D eigenvalue weighted by molar-refractivity contribution is -0.124. The predicted octanol–water partition coefficient (Wildman–Crippen LogP) is 4.91. The number of aromatic amines is 1. The zero-order valence-electron chi connectivity index (χ0n) is 18.0. The molecule has 0 radical (unpaired) electrons. The van der Waals surface area contributed by atoms with Crippen LogP contribution >= 0.6 is 11.3 Å². The van der Waals surface area contributed by atoms with E-state index in [0.29, 0.717) is 24.4 Å². The normalized spacial score (nSPS) is 16.5. The van der Waals surface area contributed by atoms with Gasteiger partial charge in [-0.1, -0.05) is 30.3 Å². The molecule has 0 spiro atoms. The molecule has 0 bridgehead atoms. The van der Waals surface area contributed by atoms with E-state index in [0.717, 1.165) is 29.3 Å². The van der Waals surface area contributed by atoms with Crippen LogP contribution in [0.3, 0.4) is 0 Å². The molecule has 6 nitrogen and oxygen atoms in total. The van der Waals surface area contributed by atoms with Crippen molar-refractivity contribution in [1.29, 1.82) is 0 Å². The highest BCUT2D eigenvalue weighted by Crippen LogP contribution is 2.33. The zero-order chi connectivity index (χ0) is 22.6. The van der Waals surface area contributed by atoms with E-state index in [-0.39, 0.29) is 17.7 Å². The Morgan fingerprint density at radius 1 is 1.12 bits per heavy atom. The topological polar surface area (TPSA) is 83.2 Å². The minimum Gasteiger partial charge on any atom is -0.368 e. The average molecular weight is 460 g/mol. The molecule has 2 amide bonds. The summed E-state index contributed by atoms with van der Waals surface area (Å²) in [7, 11) is 0. The third-order valence-electron chi connectivity index (χ3n) is 5.96. The minimum absolute atomic E-state index is 0.0347. The Bertz CT molecular complexity index is 1260. The summed E-state index contributed by atoms with van der Waals surface area (Å²) in [6, 6.07) is 19.3. The number of para-hydroxylation sites is 1. The standard InChI is InChI=1S/C26H25N3O3S/c30-25(17-6-3-7-18(14-17)29-26(31)23-10-4-12-32-23)28-16-21(24-11-5-13-33-24)20-15-27-22-9-2-1-8-19(20)22/h1-3,5-9,11,13-15,21,23,27H,4,10,12,16H2,(H,28,30)(H,29,31)/t21-,23+/m0/s1. The number of anilines is 1. The first-order valence-electron chi connectivity index (χ1n) is 11.1. The van der Waals surface area contributed by atoms with Gasteiger partial charge in [-0.05, 0) is 54.1 Å². The Morgan fingerprint density at radius 2 is 2.03 bits per heavy atom. The van der Waals surface area contributed by atoms with Crippen LogP contribution in [0.15, 0.2) is 72.2 Å². The molecule has 2 atom stereocenters. The summed E-state index contributed by atoms with van der Waals surface area (Å²) in [5.74, 6) is -0.306. The maximum absolute atomic E-state index is 13.0. The number of carbonyl (C=O) groups is 2. The van der Waals surface area contributed by atoms with E-state index in [1.165, 1.54) is 4.88 Å². The quantitative estimate of drug-likeness (QED) is 0.367. The predicted molar refractivity (Wildman–Crippen MR) is 131 cm³/mol. The number of ether oxygens (including phenoxy) is 1. The molecule has 5 rings (SSSR count). The maximum atomic E-state index is 13.0. The molecule has 1 aliphatic heterocycles. The molecule has 0 unspecified atom stereocenters. The molecule has 168 valence electrons. The number of hydrogen-bond acceptors (Lipinski definition) is 4. The number of thiophene rings is 1. The fourth-order valence-corrected chi connectivity index (χ4v) is 5.12. The highest BCUT2D eigenvalue weighted by atomic mass is 32.1. The molecule has 0 aliphatic carbocycles. The van der Waals surface area contributed by atoms with Crippen molar-refractivity contribution in [2.75, 3.05) is 18.5 Å². The Kier molecular flexibility index (Phi) is 6.24. The van der Waals surface area contributed by atoms with Crippen molar-refractivity contribution in [2.45, 2.75) is 24.9 Å². The lowest BCUT2D eigenvalue weighted by Crippen LogP contribution is -2.29. The second-order valence-electron chi connectivity index (χ2n) is 8.14. The molecule has 2 aromatic carbocycles. The van der Waals surface area contributed by atoms with Gasteiger partial charge in [-0.15, -0.1) is 11.3 Å². The second kappa shape index (κ2) is 9.60. The van der Waals surface area contributed by atoms with E-state index in [9.17, 15) is 9.59 Å². The first kappa shape index (κ1) is 21.4. The molecular formula is C26H25N3O3S. The van der Waals surface area contributed by atoms with Crippen molar-refractivity contribution in [3.8, 4) is 0 Å². The number of benzene rings is 2. The smallest absolute Gasteiger partial charge is 0.253 e. The Labute approximate surface area is 196 Å². The monoisotopic (exact) mass is 459 g/mol. The molecule has 33 heavy (non-hydrogen) atoms. The van der Waals surface area contributed by atoms with Crippen LogP contribution in [0.2, 0.25) is 0 Å². The Morgan fingerprint density at radius 3 is 2.85 bits per heavy atom. The van der Waals surface area contributed by atoms with Gasteiger partial charge in [0.05, 0.1) is 0 Å². The maximum Gasteiger partial charge on any atom is 0.253 e. The molecule has 3 N–H and O–H groups in total. The molecule has 4 aromatic rings. The van der Waals surface area contributed by atoms with Crippen molar-refractivity contribution in [2.24, 2.45) is 0 Å². The molecule has 1 saturated heterocycles. The van der Waals surface area contributed by atoms with Gasteiger partial charge in [-0.2, -0.15) is 0 Å². The van der Waals surface area contributed by atoms with Gasteiger partial charge in [0.25, 0.3) is 11.8 Å². The van der Waals surface area contributed by atoms with Crippen LogP contribution in [0, 0.1) is 0 Å². The van der Waals surface area contributed by atoms with Crippen LogP contribution in [0.4, 0.5) is 5.69 Å². The number of nitrogens with one attached hydrogen (secondary N) is 3. The van der Waals surface area contributed by atoms with Crippen LogP contribution in [0.25, 0.3) is 10.9 Å². The van der Waals surface area contributed by atoms with E-state index in [2.05, 4.69) is 39.2 Å². The van der Waals surface area contributed by atoms with E-state index >= 15 is 0 Å². The molecule has 7 heteroatoms. The summed E-state index contributed by atoms with van der Waals surface area (Å²) < 4.78 is 5.44. The fourth-order valence-electron chi connectivity index (χ4n) is 4.28. The first-order chi connectivity index (χ1) is 16.2. The van der Waals surface area contributed by atoms with Gasteiger partial charge in [0.2, 0.25) is 0 Å². The summed E-state index contributed by atoms with van der Waals surface area (Å²) in [6.07, 6.45) is 3.24. The molecule has 3 heterocycles. The zero-order valence-corrected chi connectivity index (χ0v) is 18.9. The summed E-state index contributed by atoms with van der Waals surface area (Å²) in [4.78, 5) is 29.9. The molecule has 2 aromatic heterocycles. The van der Waals surface area contributed by atoms with Gasteiger partial charge in [0.1, 0.15) is 6.10 Å². The van der Waals surface area contributed by atoms with Crippen molar-refractivity contribution < 1.29 is 14.3 Å². The molecule has 1 fully saturated rings. The third kappa shape index (κ3) is 4.69. The fraction of sp³-hybridized carbons (Fsp3) is 0.231. The lowest BCUT2D eigenvalue weighted by atomic mass is 9.96. The summed E-state index contributed by atoms with van der Waals surface area (Å²) in [5, 5.41) is 9.17. The molecule has 1 aliphatic rings. The number of carbonyl (C=O) groups excluding carboxylic acids is 2. The Balaban J connectivity index is 1.31. The van der Waals surface area contributed by atoms with Gasteiger partial charge < -0.3 is 20.4 Å². The van der Waals surface area contributed by atoms with Crippen LogP contribution < -0.4 is 10.6 Å². The van der Waals surface area contributed by atoms with Crippen molar-refractivity contribution in [3.05, 3.63) is 88.2 Å². The lowest BCUT2D eigenvalue weighted by Gasteiger charge is -2.17. The van der Waals surface area contributed by atoms with E-state index < -0.39 is 6.10 Å². The number of fused-ring (bicyclic) bond motifs is 1. The minimum atomic E-state index is -0.412. The van der Waals surface area contributed by atoms with Gasteiger partial charge in [0.15, 0.2) is 0 Å². The number of amides is 2. The van der Waals surface area contributed by atoms with Crippen molar-refractivity contribution in [1.82, 2.24) is 10.3 Å². The number of rotatable bonds is 7. The van der Waals surface area contributed by atoms with Crippen LogP contribution in [-0.2, 0) is 9.53 Å². The summed E-state index contributed by atoms with van der Waals surface area (Å²) in [5.41, 5.74) is 3.33. The van der Waals surface area contributed by atoms with Gasteiger partial charge in [0, 0.05) is 52.3 Å². The summed E-state index contributed by atoms with van der Waals surface area (Å²) >= 11 is 1.68. The van der Waals surface area contributed by atoms with Crippen LogP contribution in [0.1, 0.15) is 39.6 Å². The second-order valence-corrected chi connectivity index (χ2v) is 9.12. The number of aromatic nitrogens is 1. The van der Waals surface area contributed by atoms with E-state index in [4.69, 9.17) is 4.74 Å². The number of H-pyrrole nitrogens is 1. The third-order valence-corrected chi connectivity index (χ3v) is 6.95. The molecular weight excluding hydrogens is 434 g/mol. The van der Waals surface area contributed by atoms with Crippen LogP contribution in [0.5, 0.6) is 0 Å². The van der Waals surface area contributed by atoms with Gasteiger partial charge in [-0.25, -0.2) is 0 Å². The highest BCUT2D eigenvalue weighted by Gasteiger charge is 2.24. The largest absolute Gasteiger partial charge is 0.368 e. The highest BCUT2D eigenvalue weighted by molar-refractivity contribution is 7.10.